The van der Waals surface area contributed by atoms with Gasteiger partial charge in [0, 0.05) is 16.4 Å². The van der Waals surface area contributed by atoms with E-state index in [-0.39, 0.29) is 5.41 Å². The molecule has 3 heteroatoms. The van der Waals surface area contributed by atoms with Crippen LogP contribution in [0.5, 0.6) is 5.75 Å². The average Bonchev–Trinajstić information content (AvgIpc) is 2.39. The number of rotatable bonds is 7. The molecule has 0 aromatic heterocycles. The Labute approximate surface area is 119 Å². The summed E-state index contributed by atoms with van der Waals surface area (Å²) < 4.78 is 6.40. The van der Waals surface area contributed by atoms with Crippen LogP contribution in [0.3, 0.4) is 0 Å². The van der Waals surface area contributed by atoms with Crippen molar-refractivity contribution in [2.24, 2.45) is 5.41 Å². The Morgan fingerprint density at radius 1 is 1.50 bits per heavy atom. The van der Waals surface area contributed by atoms with E-state index in [1.807, 2.05) is 18.2 Å². The van der Waals surface area contributed by atoms with Gasteiger partial charge in [0.25, 0.3) is 0 Å². The molecule has 1 atom stereocenters. The largest absolute Gasteiger partial charge is 0.497 e. The monoisotopic (exact) mass is 311 g/mol. The van der Waals surface area contributed by atoms with Crippen molar-refractivity contribution < 1.29 is 4.74 Å². The second kappa shape index (κ2) is 6.95. The van der Waals surface area contributed by atoms with Crippen LogP contribution in [0.2, 0.25) is 0 Å². The maximum absolute atomic E-state index is 5.28. The Morgan fingerprint density at radius 2 is 2.22 bits per heavy atom. The van der Waals surface area contributed by atoms with Crippen LogP contribution < -0.4 is 10.1 Å². The van der Waals surface area contributed by atoms with Gasteiger partial charge in [-0.1, -0.05) is 35.9 Å². The molecule has 1 aromatic rings. The number of hydrogen-bond donors (Lipinski definition) is 1. The van der Waals surface area contributed by atoms with Crippen LogP contribution >= 0.6 is 15.9 Å². The molecule has 0 aliphatic rings. The maximum Gasteiger partial charge on any atom is 0.119 e. The van der Waals surface area contributed by atoms with Gasteiger partial charge in [-0.2, -0.15) is 0 Å². The Bertz CT molecular complexity index is 405. The molecule has 0 radical (unpaired) electrons. The number of halogens is 1. The second-order valence-corrected chi connectivity index (χ2v) is 5.63. The fourth-order valence-corrected chi connectivity index (χ4v) is 2.25. The summed E-state index contributed by atoms with van der Waals surface area (Å²) >= 11 is 3.60. The smallest absolute Gasteiger partial charge is 0.119 e. The highest BCUT2D eigenvalue weighted by Gasteiger charge is 2.21. The van der Waals surface area contributed by atoms with Crippen molar-refractivity contribution in [3.8, 4) is 5.75 Å². The number of benzene rings is 1. The van der Waals surface area contributed by atoms with E-state index in [9.17, 15) is 0 Å². The highest BCUT2D eigenvalue weighted by atomic mass is 79.9. The minimum Gasteiger partial charge on any atom is -0.497 e. The van der Waals surface area contributed by atoms with E-state index in [0.717, 1.165) is 29.7 Å². The number of methoxy groups -OCH3 is 1. The zero-order valence-electron chi connectivity index (χ0n) is 11.4. The molecule has 0 bridgehead atoms. The molecule has 1 N–H and O–H groups in total. The molecule has 0 saturated carbocycles. The molecule has 0 aliphatic carbocycles. The lowest BCUT2D eigenvalue weighted by atomic mass is 9.83. The highest BCUT2D eigenvalue weighted by Crippen LogP contribution is 2.30. The molecule has 0 aliphatic heterocycles. The first-order valence-corrected chi connectivity index (χ1v) is 7.00. The maximum atomic E-state index is 5.28. The van der Waals surface area contributed by atoms with E-state index in [4.69, 9.17) is 4.74 Å². The summed E-state index contributed by atoms with van der Waals surface area (Å²) in [6.07, 6.45) is 2.96. The van der Waals surface area contributed by atoms with Crippen LogP contribution in [0.15, 0.2) is 35.3 Å². The van der Waals surface area contributed by atoms with E-state index >= 15 is 0 Å². The fraction of sp³-hybridized carbons (Fsp3) is 0.467. The van der Waals surface area contributed by atoms with Gasteiger partial charge in [0.1, 0.15) is 5.75 Å². The Morgan fingerprint density at radius 3 is 2.78 bits per heavy atom. The molecule has 0 spiro atoms. The van der Waals surface area contributed by atoms with Crippen molar-refractivity contribution in [2.75, 3.05) is 20.2 Å². The van der Waals surface area contributed by atoms with Gasteiger partial charge in [-0.05, 0) is 36.7 Å². The van der Waals surface area contributed by atoms with Crippen LogP contribution in [0.4, 0.5) is 0 Å². The van der Waals surface area contributed by atoms with Crippen molar-refractivity contribution >= 4 is 15.9 Å². The van der Waals surface area contributed by atoms with E-state index in [0.29, 0.717) is 0 Å². The molecular weight excluding hydrogens is 290 g/mol. The van der Waals surface area contributed by atoms with Gasteiger partial charge < -0.3 is 10.1 Å². The molecular formula is C15H22BrNO. The van der Waals surface area contributed by atoms with Gasteiger partial charge in [0.2, 0.25) is 0 Å². The summed E-state index contributed by atoms with van der Waals surface area (Å²) in [6, 6.07) is 6.08. The molecule has 0 fully saturated rings. The van der Waals surface area contributed by atoms with E-state index in [1.165, 1.54) is 5.56 Å². The molecule has 1 rings (SSSR count). The third-order valence-corrected chi connectivity index (χ3v) is 3.89. The first-order valence-electron chi connectivity index (χ1n) is 6.21. The van der Waals surface area contributed by atoms with Crippen molar-refractivity contribution in [1.29, 1.82) is 0 Å². The highest BCUT2D eigenvalue weighted by molar-refractivity contribution is 9.10. The van der Waals surface area contributed by atoms with Gasteiger partial charge in [0.05, 0.1) is 7.11 Å². The normalized spacial score (nSPS) is 14.0. The van der Waals surface area contributed by atoms with E-state index < -0.39 is 0 Å². The third-order valence-electron chi connectivity index (χ3n) is 3.12. The molecule has 2 nitrogen and oxygen atoms in total. The van der Waals surface area contributed by atoms with Crippen LogP contribution in [0.25, 0.3) is 0 Å². The molecule has 0 heterocycles. The quantitative estimate of drug-likeness (QED) is 0.773. The van der Waals surface area contributed by atoms with E-state index in [1.54, 1.807) is 7.11 Å². The molecule has 100 valence electrons. The van der Waals surface area contributed by atoms with E-state index in [2.05, 4.69) is 47.7 Å². The number of ether oxygens (including phenoxy) is 1. The average molecular weight is 312 g/mol. The molecule has 0 saturated heterocycles. The van der Waals surface area contributed by atoms with Crippen molar-refractivity contribution in [2.45, 2.75) is 20.3 Å². The minimum atomic E-state index is 0.0465. The Kier molecular flexibility index (Phi) is 5.89. The van der Waals surface area contributed by atoms with Gasteiger partial charge in [0.15, 0.2) is 0 Å². The Hall–Kier alpha value is -0.800. The van der Waals surface area contributed by atoms with Crippen LogP contribution in [-0.2, 0) is 6.42 Å². The van der Waals surface area contributed by atoms with Gasteiger partial charge >= 0.3 is 0 Å². The second-order valence-electron chi connectivity index (χ2n) is 4.77. The summed E-state index contributed by atoms with van der Waals surface area (Å²) in [5.74, 6) is 0.892. The predicted molar refractivity (Wildman–Crippen MR) is 81.2 cm³/mol. The zero-order chi connectivity index (χ0) is 13.6. The summed E-state index contributed by atoms with van der Waals surface area (Å²) in [5, 5.41) is 3.39. The van der Waals surface area contributed by atoms with Crippen LogP contribution in [-0.4, -0.2) is 20.2 Å². The zero-order valence-corrected chi connectivity index (χ0v) is 13.0. The summed E-state index contributed by atoms with van der Waals surface area (Å²) in [5.41, 5.74) is 1.29. The van der Waals surface area contributed by atoms with Gasteiger partial charge in [-0.25, -0.2) is 0 Å². The van der Waals surface area contributed by atoms with Crippen molar-refractivity contribution in [3.63, 3.8) is 0 Å². The number of hydrogen-bond acceptors (Lipinski definition) is 2. The van der Waals surface area contributed by atoms with Crippen molar-refractivity contribution in [3.05, 3.63) is 40.9 Å². The summed E-state index contributed by atoms with van der Waals surface area (Å²) in [6.45, 7) is 10.2. The predicted octanol–water partition coefficient (Wildman–Crippen LogP) is 3.80. The molecule has 18 heavy (non-hydrogen) atoms. The third kappa shape index (κ3) is 4.14. The summed E-state index contributed by atoms with van der Waals surface area (Å²) in [7, 11) is 1.69. The lowest BCUT2D eigenvalue weighted by molar-refractivity contribution is 0.391. The van der Waals surface area contributed by atoms with Crippen molar-refractivity contribution in [1.82, 2.24) is 5.32 Å². The first-order chi connectivity index (χ1) is 8.54. The van der Waals surface area contributed by atoms with Crippen LogP contribution in [0, 0.1) is 5.41 Å². The standard InChI is InChI=1S/C15H22BrNO/c1-5-15(3,11-17-6-2)10-12-9-13(18-4)7-8-14(12)16/h5,7-9,17H,1,6,10-11H2,2-4H3. The SMILES string of the molecule is C=CC(C)(CNCC)Cc1cc(OC)ccc1Br. The van der Waals surface area contributed by atoms with Gasteiger partial charge in [-0.3, -0.25) is 0 Å². The molecule has 1 aromatic carbocycles. The topological polar surface area (TPSA) is 21.3 Å². The minimum absolute atomic E-state index is 0.0465. The lowest BCUT2D eigenvalue weighted by Gasteiger charge is -2.27. The lowest BCUT2D eigenvalue weighted by Crippen LogP contribution is -2.32. The fourth-order valence-electron chi connectivity index (χ4n) is 1.87. The van der Waals surface area contributed by atoms with Gasteiger partial charge in [-0.15, -0.1) is 6.58 Å². The molecule has 1 unspecified atom stereocenters. The van der Waals surface area contributed by atoms with Crippen LogP contribution in [0.1, 0.15) is 19.4 Å². The summed E-state index contributed by atoms with van der Waals surface area (Å²) in [4.78, 5) is 0. The first kappa shape index (κ1) is 15.3. The Balaban J connectivity index is 2.89. The number of nitrogens with one attached hydrogen (secondary N) is 1. The molecule has 0 amide bonds.